The van der Waals surface area contributed by atoms with Gasteiger partial charge in [0.15, 0.2) is 0 Å². The number of guanidine groups is 1. The summed E-state index contributed by atoms with van der Waals surface area (Å²) in [6, 6.07) is 13.9. The lowest BCUT2D eigenvalue weighted by atomic mass is 10.2. The minimum absolute atomic E-state index is 0.421. The molecule has 0 radical (unpaired) electrons. The summed E-state index contributed by atoms with van der Waals surface area (Å²) in [5.41, 5.74) is 2.35. The molecular formula is C15H15N5O2. The second-order valence-corrected chi connectivity index (χ2v) is 4.68. The zero-order chi connectivity index (χ0) is 16.1. The van der Waals surface area contributed by atoms with Crippen LogP contribution in [-0.2, 0) is 0 Å². The van der Waals surface area contributed by atoms with Crippen molar-refractivity contribution in [3.8, 4) is 0 Å². The molecule has 22 heavy (non-hydrogen) atoms. The van der Waals surface area contributed by atoms with Crippen LogP contribution in [-0.4, -0.2) is 5.96 Å². The van der Waals surface area contributed by atoms with Crippen molar-refractivity contribution in [3.05, 3.63) is 69.5 Å². The van der Waals surface area contributed by atoms with Gasteiger partial charge < -0.3 is 0 Å². The number of benzene rings is 2. The maximum atomic E-state index is 11.2. The minimum Gasteiger partial charge on any atom is -0.265 e. The quantitative estimate of drug-likeness (QED) is 0.401. The zero-order valence-electron chi connectivity index (χ0n) is 12.2. The molecule has 112 valence electrons. The Labute approximate surface area is 127 Å². The first kappa shape index (κ1) is 15.3. The van der Waals surface area contributed by atoms with Crippen molar-refractivity contribution in [1.29, 1.82) is 5.41 Å². The molecule has 0 aromatic heterocycles. The number of nitroso groups, excluding NO2 is 2. The Balaban J connectivity index is 2.43. The Bertz CT molecular complexity index is 657. The Hall–Kier alpha value is -3.09. The number of aryl methyl sites for hydroxylation is 2. The third kappa shape index (κ3) is 2.83. The predicted molar refractivity (Wildman–Crippen MR) is 86.6 cm³/mol. The number of rotatable bonds is 4. The van der Waals surface area contributed by atoms with E-state index in [0.717, 1.165) is 21.1 Å². The van der Waals surface area contributed by atoms with Gasteiger partial charge in [0.05, 0.1) is 21.9 Å². The molecule has 0 atom stereocenters. The first-order chi connectivity index (χ1) is 10.6. The first-order valence-corrected chi connectivity index (χ1v) is 6.56. The zero-order valence-corrected chi connectivity index (χ0v) is 12.2. The number of para-hydroxylation sites is 2. The third-order valence-corrected chi connectivity index (χ3v) is 3.25. The van der Waals surface area contributed by atoms with Crippen molar-refractivity contribution in [2.24, 2.45) is 10.6 Å². The van der Waals surface area contributed by atoms with Crippen molar-refractivity contribution < 1.29 is 0 Å². The standard InChI is InChI=1S/C15H15N5O2/c1-11-7-3-5-9-13(11)19(17-21)15(16)20(18-22)14-10-6-4-8-12(14)2/h3-10,16H,1-2H3. The van der Waals surface area contributed by atoms with Gasteiger partial charge in [0, 0.05) is 0 Å². The third-order valence-electron chi connectivity index (χ3n) is 3.25. The van der Waals surface area contributed by atoms with Crippen LogP contribution in [0.1, 0.15) is 11.1 Å². The number of nitrogens with zero attached hydrogens (tertiary/aromatic N) is 4. The molecule has 2 aromatic rings. The molecule has 0 aliphatic rings. The van der Waals surface area contributed by atoms with Gasteiger partial charge in [-0.25, -0.2) is 0 Å². The molecule has 0 spiro atoms. The highest BCUT2D eigenvalue weighted by Gasteiger charge is 2.24. The summed E-state index contributed by atoms with van der Waals surface area (Å²) in [7, 11) is 0. The fourth-order valence-electron chi connectivity index (χ4n) is 2.09. The van der Waals surface area contributed by atoms with Crippen molar-refractivity contribution in [2.75, 3.05) is 10.0 Å². The number of hydrogen-bond acceptors (Lipinski definition) is 5. The van der Waals surface area contributed by atoms with E-state index in [9.17, 15) is 9.81 Å². The highest BCUT2D eigenvalue weighted by atomic mass is 16.3. The van der Waals surface area contributed by atoms with Gasteiger partial charge in [-0.3, -0.25) is 5.41 Å². The molecule has 0 heterocycles. The first-order valence-electron chi connectivity index (χ1n) is 6.56. The van der Waals surface area contributed by atoms with Crippen LogP contribution in [0.3, 0.4) is 0 Å². The Morgan fingerprint density at radius 2 is 1.18 bits per heavy atom. The summed E-state index contributed by atoms with van der Waals surface area (Å²) >= 11 is 0. The molecule has 0 bridgehead atoms. The average Bonchev–Trinajstić information content (AvgIpc) is 2.52. The van der Waals surface area contributed by atoms with Crippen molar-refractivity contribution in [1.82, 2.24) is 0 Å². The van der Waals surface area contributed by atoms with Crippen molar-refractivity contribution in [2.45, 2.75) is 13.8 Å². The van der Waals surface area contributed by atoms with E-state index < -0.39 is 5.96 Å². The smallest absolute Gasteiger partial charge is 0.250 e. The molecule has 0 aliphatic carbocycles. The van der Waals surface area contributed by atoms with Gasteiger partial charge >= 0.3 is 0 Å². The van der Waals surface area contributed by atoms with Crippen LogP contribution < -0.4 is 10.0 Å². The van der Waals surface area contributed by atoms with E-state index in [1.807, 2.05) is 12.1 Å². The summed E-state index contributed by atoms with van der Waals surface area (Å²) in [6.07, 6.45) is 0. The minimum atomic E-state index is -0.436. The molecule has 7 heteroatoms. The van der Waals surface area contributed by atoms with E-state index in [1.54, 1.807) is 50.2 Å². The highest BCUT2D eigenvalue weighted by molar-refractivity contribution is 6.04. The maximum absolute atomic E-state index is 11.2. The normalized spacial score (nSPS) is 9.91. The number of anilines is 2. The van der Waals surface area contributed by atoms with Crippen LogP contribution in [0.4, 0.5) is 11.4 Å². The summed E-state index contributed by atoms with van der Waals surface area (Å²) in [5.74, 6) is -0.436. The van der Waals surface area contributed by atoms with Gasteiger partial charge in [-0.15, -0.1) is 9.81 Å². The second-order valence-electron chi connectivity index (χ2n) is 4.68. The Morgan fingerprint density at radius 3 is 1.50 bits per heavy atom. The van der Waals surface area contributed by atoms with E-state index in [4.69, 9.17) is 5.41 Å². The molecule has 0 aliphatic heterocycles. The van der Waals surface area contributed by atoms with Crippen LogP contribution in [0.15, 0.2) is 59.1 Å². The van der Waals surface area contributed by atoms with Gasteiger partial charge in [0.1, 0.15) is 0 Å². The fourth-order valence-corrected chi connectivity index (χ4v) is 2.09. The van der Waals surface area contributed by atoms with Gasteiger partial charge in [0.25, 0.3) is 5.96 Å². The van der Waals surface area contributed by atoms with Gasteiger partial charge in [-0.05, 0) is 37.1 Å². The van der Waals surface area contributed by atoms with Gasteiger partial charge in [-0.2, -0.15) is 10.0 Å². The Morgan fingerprint density at radius 1 is 0.818 bits per heavy atom. The predicted octanol–water partition coefficient (Wildman–Crippen LogP) is 3.91. The van der Waals surface area contributed by atoms with Crippen LogP contribution in [0.25, 0.3) is 0 Å². The lowest BCUT2D eigenvalue weighted by molar-refractivity contribution is 0.984. The van der Waals surface area contributed by atoms with Gasteiger partial charge in [-0.1, -0.05) is 36.4 Å². The molecule has 0 saturated carbocycles. The van der Waals surface area contributed by atoms with E-state index in [1.165, 1.54) is 0 Å². The largest absolute Gasteiger partial charge is 0.265 e. The summed E-state index contributed by atoms with van der Waals surface area (Å²) in [6.45, 7) is 3.57. The molecule has 0 fully saturated rings. The van der Waals surface area contributed by atoms with E-state index in [2.05, 4.69) is 10.6 Å². The monoisotopic (exact) mass is 297 g/mol. The highest BCUT2D eigenvalue weighted by Crippen LogP contribution is 2.25. The molecular weight excluding hydrogens is 282 g/mol. The summed E-state index contributed by atoms with van der Waals surface area (Å²) in [4.78, 5) is 22.4. The average molecular weight is 297 g/mol. The molecule has 0 saturated heterocycles. The van der Waals surface area contributed by atoms with Gasteiger partial charge in [0.2, 0.25) is 0 Å². The van der Waals surface area contributed by atoms with Crippen LogP contribution >= 0.6 is 0 Å². The lowest BCUT2D eigenvalue weighted by Gasteiger charge is -2.24. The summed E-state index contributed by atoms with van der Waals surface area (Å²) < 4.78 is 0. The molecule has 2 aromatic carbocycles. The molecule has 2 rings (SSSR count). The molecule has 0 unspecified atom stereocenters. The number of nitrogens with one attached hydrogen (secondary N) is 1. The fraction of sp³-hybridized carbons (Fsp3) is 0.133. The van der Waals surface area contributed by atoms with Crippen LogP contribution in [0, 0.1) is 29.1 Å². The molecule has 1 N–H and O–H groups in total. The van der Waals surface area contributed by atoms with Crippen molar-refractivity contribution in [3.63, 3.8) is 0 Å². The summed E-state index contributed by atoms with van der Waals surface area (Å²) in [5, 5.41) is 15.5. The topological polar surface area (TPSA) is 89.2 Å². The second kappa shape index (κ2) is 6.57. The molecule has 7 nitrogen and oxygen atoms in total. The van der Waals surface area contributed by atoms with E-state index >= 15 is 0 Å². The maximum Gasteiger partial charge on any atom is 0.250 e. The van der Waals surface area contributed by atoms with Crippen LogP contribution in [0.2, 0.25) is 0 Å². The van der Waals surface area contributed by atoms with Crippen molar-refractivity contribution >= 4 is 17.3 Å². The van der Waals surface area contributed by atoms with E-state index in [-0.39, 0.29) is 0 Å². The SMILES string of the molecule is Cc1ccccc1N(N=O)C(=N)N(N=O)c1ccccc1C. The number of hydrogen-bond donors (Lipinski definition) is 1. The van der Waals surface area contributed by atoms with E-state index in [0.29, 0.717) is 11.4 Å². The van der Waals surface area contributed by atoms with Crippen LogP contribution in [0.5, 0.6) is 0 Å². The Kier molecular flexibility index (Phi) is 4.57. The lowest BCUT2D eigenvalue weighted by Crippen LogP contribution is -2.38. The molecule has 0 amide bonds.